The molecule has 0 spiro atoms. The van der Waals surface area contributed by atoms with E-state index in [1.165, 1.54) is 437 Å². The molecule has 0 aromatic heterocycles. The van der Waals surface area contributed by atoms with Crippen LogP contribution in [0.15, 0.2) is 0 Å². The van der Waals surface area contributed by atoms with E-state index < -0.39 is 29.6 Å². The highest BCUT2D eigenvalue weighted by atomic mass is 16.6. The normalized spacial score (nSPS) is 12.1. The second-order valence-corrected chi connectivity index (χ2v) is 43.9. The van der Waals surface area contributed by atoms with Gasteiger partial charge in [-0.3, -0.25) is 38.4 Å². The third kappa shape index (κ3) is 118. The van der Waals surface area contributed by atoms with E-state index in [9.17, 15) is 38.4 Å². The molecule has 0 saturated carbocycles. The lowest BCUT2D eigenvalue weighted by molar-refractivity contribution is -0.155. The standard InChI is InChI=1S/C33H65NO4.C33H64O5.C32H63NO4.C32H62O5/c1-4-6-8-10-12-14-16-18-20-22-24-26-32(35)31(33(36)34-27-28-38-30-29-37-3)25-23-21-19-17-15-13-11-9-7-5-2;1-4-6-8-10-12-14-16-18-20-22-24-26-32(34)31(33(35)38-30-29-37-28-27-36-3)25-23-21-19-17-15-13-11-9-7-5-2;1-3-5-7-9-11-13-15-17-19-21-23-25-31(35)30(32(36)33-26-28-37-29-27-34)24-22-20-18-16-14-12-10-8-6-4-2;1-3-5-7-9-11-13-15-17-19-21-23-25-31(34)30(32(35)37-29-28-36-27-26-33)24-22-20-18-16-14-12-10-8-6-4-2/h31H,4-30H2,1-3H3,(H,34,36);31H,4-30H2,1-3H3;30,34H,3-29H2,1-2H3,(H,33,36);30,33H,3-29H2,1-2H3. The molecule has 0 bridgehead atoms. The van der Waals surface area contributed by atoms with Gasteiger partial charge < -0.3 is 58.7 Å². The van der Waals surface area contributed by atoms with Crippen LogP contribution in [0.2, 0.25) is 0 Å². The Balaban J connectivity index is -0.000000947. The number of carbonyl (C=O) groups excluding carboxylic acids is 8. The third-order valence-corrected chi connectivity index (χ3v) is 29.6. The van der Waals surface area contributed by atoms with E-state index in [2.05, 4.69) is 66.0 Å². The largest absolute Gasteiger partial charge is 0.463 e. The zero-order valence-electron chi connectivity index (χ0n) is 101. The number of unbranched alkanes of at least 4 members (excludes halogenated alkanes) is 76. The van der Waals surface area contributed by atoms with Crippen molar-refractivity contribution in [2.75, 3.05) is 120 Å². The molecule has 150 heavy (non-hydrogen) atoms. The Kier molecular flexibility index (Phi) is 136. The van der Waals surface area contributed by atoms with Crippen molar-refractivity contribution in [3.8, 4) is 0 Å². The van der Waals surface area contributed by atoms with E-state index in [0.29, 0.717) is 111 Å². The van der Waals surface area contributed by atoms with Gasteiger partial charge in [0, 0.05) is 53.0 Å². The van der Waals surface area contributed by atoms with Crippen LogP contribution < -0.4 is 10.6 Å². The zero-order chi connectivity index (χ0) is 110. The highest BCUT2D eigenvalue weighted by Crippen LogP contribution is 2.27. The molecule has 0 aliphatic carbocycles. The highest BCUT2D eigenvalue weighted by molar-refractivity contribution is 6.02. The summed E-state index contributed by atoms with van der Waals surface area (Å²) in [6.45, 7) is 23.1. The van der Waals surface area contributed by atoms with E-state index in [-0.39, 0.29) is 87.2 Å². The van der Waals surface area contributed by atoms with Crippen LogP contribution in [0.25, 0.3) is 0 Å². The average molecular weight is 2130 g/mol. The molecule has 0 fully saturated rings. The van der Waals surface area contributed by atoms with Crippen molar-refractivity contribution in [2.24, 2.45) is 23.7 Å². The van der Waals surface area contributed by atoms with Crippen molar-refractivity contribution in [3.63, 3.8) is 0 Å². The Morgan fingerprint density at radius 3 is 0.527 bits per heavy atom. The summed E-state index contributed by atoms with van der Waals surface area (Å²) in [5.74, 6) is -2.88. The quantitative estimate of drug-likeness (QED) is 0.0250. The second-order valence-electron chi connectivity index (χ2n) is 43.9. The fourth-order valence-electron chi connectivity index (χ4n) is 19.8. The van der Waals surface area contributed by atoms with Crippen molar-refractivity contribution in [1.29, 1.82) is 0 Å². The van der Waals surface area contributed by atoms with E-state index in [1.54, 1.807) is 14.2 Å². The lowest BCUT2D eigenvalue weighted by atomic mass is 9.92. The molecule has 0 aliphatic heterocycles. The van der Waals surface area contributed by atoms with Crippen LogP contribution in [0.5, 0.6) is 0 Å². The van der Waals surface area contributed by atoms with Crippen LogP contribution in [0.1, 0.15) is 646 Å². The van der Waals surface area contributed by atoms with Crippen molar-refractivity contribution >= 4 is 46.9 Å². The maximum atomic E-state index is 13.0. The SMILES string of the molecule is CCCCCCCCCCCCCC(=O)C(CCCCCCCCCCCC)C(=O)NCCOCCO.CCCCCCCCCCCCCC(=O)C(CCCCCCCCCCCC)C(=O)NCCOCCOC.CCCCCCCCCCCCCC(=O)C(CCCCCCCCCCCC)C(=O)OCCOCCO.CCCCCCCCCCCCCC(=O)C(CCCCCCCCCCCC)C(=O)OCCOCCOC. The van der Waals surface area contributed by atoms with E-state index >= 15 is 0 Å². The van der Waals surface area contributed by atoms with Crippen LogP contribution >= 0.6 is 0 Å². The summed E-state index contributed by atoms with van der Waals surface area (Å²) in [5.41, 5.74) is 0. The van der Waals surface area contributed by atoms with Crippen LogP contribution in [-0.4, -0.2) is 177 Å². The number of hydrogen-bond donors (Lipinski definition) is 4. The molecule has 0 aliphatic rings. The number of hydrogen-bond acceptors (Lipinski definition) is 18. The first-order valence-corrected chi connectivity index (χ1v) is 65.2. The van der Waals surface area contributed by atoms with Gasteiger partial charge >= 0.3 is 11.9 Å². The molecular formula is C130H254N2O18. The van der Waals surface area contributed by atoms with E-state index in [0.717, 1.165) is 103 Å². The van der Waals surface area contributed by atoms with Crippen molar-refractivity contribution in [3.05, 3.63) is 0 Å². The van der Waals surface area contributed by atoms with Gasteiger partial charge in [-0.1, -0.05) is 569 Å². The molecule has 2 amide bonds. The Bertz CT molecular complexity index is 2550. The van der Waals surface area contributed by atoms with Gasteiger partial charge in [0.15, 0.2) is 0 Å². The Morgan fingerprint density at radius 1 is 0.180 bits per heavy atom. The summed E-state index contributed by atoms with van der Waals surface area (Å²) >= 11 is 0. The maximum Gasteiger partial charge on any atom is 0.316 e. The third-order valence-electron chi connectivity index (χ3n) is 29.6. The minimum atomic E-state index is -0.630. The number of esters is 2. The lowest BCUT2D eigenvalue weighted by Gasteiger charge is -2.16. The number of nitrogens with one attached hydrogen (secondary N) is 2. The smallest absolute Gasteiger partial charge is 0.316 e. The molecular weight excluding hydrogens is 1880 g/mol. The summed E-state index contributed by atoms with van der Waals surface area (Å²) in [4.78, 5) is 103. The van der Waals surface area contributed by atoms with Gasteiger partial charge in [-0.2, -0.15) is 0 Å². The summed E-state index contributed by atoms with van der Waals surface area (Å²) in [7, 11) is 3.27. The number of ether oxygens (including phenoxy) is 8. The summed E-state index contributed by atoms with van der Waals surface area (Å²) in [6.07, 6.45) is 110. The number of Topliss-reactive ketones (excluding diaryl/α,β-unsaturated/α-hetero) is 4. The lowest BCUT2D eigenvalue weighted by Crippen LogP contribution is -2.37. The number of amides is 2. The summed E-state index contributed by atoms with van der Waals surface area (Å²) < 4.78 is 42.0. The highest BCUT2D eigenvalue weighted by Gasteiger charge is 2.31. The summed E-state index contributed by atoms with van der Waals surface area (Å²) in [6, 6.07) is 0. The number of carbonyl (C=O) groups is 8. The molecule has 20 nitrogen and oxygen atoms in total. The second kappa shape index (κ2) is 134. The number of rotatable bonds is 122. The average Bonchev–Trinajstić information content (AvgIpc) is 0.913. The molecule has 4 atom stereocenters. The molecule has 0 saturated heterocycles. The molecule has 4 unspecified atom stereocenters. The van der Waals surface area contributed by atoms with Crippen molar-refractivity contribution in [2.45, 2.75) is 646 Å². The molecule has 0 heterocycles. The van der Waals surface area contributed by atoms with Crippen LogP contribution in [0.4, 0.5) is 0 Å². The van der Waals surface area contributed by atoms with Gasteiger partial charge in [-0.05, 0) is 51.4 Å². The fourth-order valence-corrected chi connectivity index (χ4v) is 19.8. The first-order chi connectivity index (χ1) is 73.7. The molecule has 0 aromatic rings. The number of aliphatic hydroxyl groups excluding tert-OH is 2. The van der Waals surface area contributed by atoms with Gasteiger partial charge in [0.25, 0.3) is 0 Å². The number of aliphatic hydroxyl groups is 2. The van der Waals surface area contributed by atoms with Crippen molar-refractivity contribution < 1.29 is 86.5 Å². The minimum Gasteiger partial charge on any atom is -0.463 e. The Morgan fingerprint density at radius 2 is 0.333 bits per heavy atom. The first kappa shape index (κ1) is 152. The Hall–Kier alpha value is -3.76. The molecule has 0 radical (unpaired) electrons. The summed E-state index contributed by atoms with van der Waals surface area (Å²) in [5, 5.41) is 23.4. The molecule has 0 rings (SSSR count). The maximum absolute atomic E-state index is 13.0. The zero-order valence-corrected chi connectivity index (χ0v) is 101. The monoisotopic (exact) mass is 2130 g/mol. The molecule has 20 heteroatoms. The van der Waals surface area contributed by atoms with Gasteiger partial charge in [0.2, 0.25) is 11.8 Å². The molecule has 0 aromatic carbocycles. The fraction of sp³-hybridized carbons (Fsp3) is 0.938. The first-order valence-electron chi connectivity index (χ1n) is 65.2. The number of ketones is 4. The molecule has 892 valence electrons. The number of methoxy groups -OCH3 is 2. The minimum absolute atomic E-state index is 0.0211. The van der Waals surface area contributed by atoms with Crippen LogP contribution in [-0.2, 0) is 76.3 Å². The predicted octanol–water partition coefficient (Wildman–Crippen LogP) is 35.4. The van der Waals surface area contributed by atoms with Gasteiger partial charge in [0.1, 0.15) is 48.2 Å². The molecule has 4 N–H and O–H groups in total. The van der Waals surface area contributed by atoms with Gasteiger partial charge in [-0.25, -0.2) is 0 Å². The van der Waals surface area contributed by atoms with E-state index in [1.807, 2.05) is 0 Å². The Labute approximate surface area is 928 Å². The predicted molar refractivity (Wildman–Crippen MR) is 633 cm³/mol. The van der Waals surface area contributed by atoms with Gasteiger partial charge in [-0.15, -0.1) is 0 Å². The van der Waals surface area contributed by atoms with Gasteiger partial charge in [0.05, 0.1) is 91.1 Å². The van der Waals surface area contributed by atoms with Crippen molar-refractivity contribution in [1.82, 2.24) is 10.6 Å². The van der Waals surface area contributed by atoms with Crippen LogP contribution in [0.3, 0.4) is 0 Å². The van der Waals surface area contributed by atoms with Crippen LogP contribution in [0, 0.1) is 23.7 Å². The topological polar surface area (TPSA) is 275 Å². The van der Waals surface area contributed by atoms with E-state index in [4.69, 9.17) is 48.1 Å².